The molecule has 1 saturated carbocycles. The molecule has 1 aliphatic carbocycles. The maximum atomic E-state index is 5.61. The molecule has 1 atom stereocenters. The van der Waals surface area contributed by atoms with Crippen LogP contribution in [-0.4, -0.2) is 6.54 Å². The van der Waals surface area contributed by atoms with E-state index in [0.717, 1.165) is 24.8 Å². The van der Waals surface area contributed by atoms with Crippen LogP contribution in [-0.2, 0) is 6.42 Å². The van der Waals surface area contributed by atoms with Gasteiger partial charge in [-0.15, -0.1) is 0 Å². The van der Waals surface area contributed by atoms with Crippen LogP contribution in [0.25, 0.3) is 0 Å². The zero-order valence-electron chi connectivity index (χ0n) is 10.3. The molecule has 0 spiro atoms. The Morgan fingerprint density at radius 2 is 2.06 bits per heavy atom. The Balaban J connectivity index is 2.09. The highest BCUT2D eigenvalue weighted by molar-refractivity contribution is 5.27. The van der Waals surface area contributed by atoms with E-state index in [2.05, 4.69) is 31.2 Å². The van der Waals surface area contributed by atoms with Gasteiger partial charge in [0.25, 0.3) is 0 Å². The predicted octanol–water partition coefficient (Wildman–Crippen LogP) is 3.48. The second kappa shape index (κ2) is 5.49. The molecule has 2 rings (SSSR count). The molecule has 1 aliphatic rings. The number of benzene rings is 1. The van der Waals surface area contributed by atoms with Crippen molar-refractivity contribution in [2.45, 2.75) is 44.9 Å². The molecule has 1 fully saturated rings. The van der Waals surface area contributed by atoms with Gasteiger partial charge >= 0.3 is 0 Å². The summed E-state index contributed by atoms with van der Waals surface area (Å²) in [4.78, 5) is 0. The summed E-state index contributed by atoms with van der Waals surface area (Å²) in [6.07, 6.45) is 6.70. The van der Waals surface area contributed by atoms with Crippen LogP contribution in [0, 0.1) is 5.92 Å². The lowest BCUT2D eigenvalue weighted by Gasteiger charge is -2.19. The second-order valence-corrected chi connectivity index (χ2v) is 5.12. The molecule has 0 amide bonds. The van der Waals surface area contributed by atoms with Gasteiger partial charge < -0.3 is 5.73 Å². The first-order valence-corrected chi connectivity index (χ1v) is 6.60. The molecule has 0 bridgehead atoms. The topological polar surface area (TPSA) is 26.0 Å². The first-order chi connectivity index (χ1) is 7.81. The van der Waals surface area contributed by atoms with E-state index in [0.29, 0.717) is 0 Å². The van der Waals surface area contributed by atoms with Gasteiger partial charge in [-0.05, 0) is 48.8 Å². The summed E-state index contributed by atoms with van der Waals surface area (Å²) in [7, 11) is 0. The number of nitrogens with two attached hydrogens (primary N) is 1. The Labute approximate surface area is 99.0 Å². The van der Waals surface area contributed by atoms with Crippen molar-refractivity contribution in [2.75, 3.05) is 6.54 Å². The summed E-state index contributed by atoms with van der Waals surface area (Å²) in [5, 5.41) is 0. The van der Waals surface area contributed by atoms with Crippen molar-refractivity contribution in [3.8, 4) is 0 Å². The molecule has 0 aliphatic heterocycles. The van der Waals surface area contributed by atoms with Gasteiger partial charge in [0.15, 0.2) is 0 Å². The van der Waals surface area contributed by atoms with Gasteiger partial charge in [-0.3, -0.25) is 0 Å². The lowest BCUT2D eigenvalue weighted by molar-refractivity contribution is 0.460. The smallest absolute Gasteiger partial charge is 0.00367 e. The van der Waals surface area contributed by atoms with E-state index in [9.17, 15) is 0 Å². The summed E-state index contributed by atoms with van der Waals surface area (Å²) >= 11 is 0. The third kappa shape index (κ3) is 2.65. The SMILES string of the molecule is CC(c1cccc(CCN)c1)C1CCCC1. The Hall–Kier alpha value is -0.820. The maximum Gasteiger partial charge on any atom is -0.00367 e. The number of rotatable bonds is 4. The standard InChI is InChI=1S/C15H23N/c1-12(14-6-2-3-7-14)15-8-4-5-13(11-15)9-10-16/h4-5,8,11-12,14H,2-3,6-7,9-10,16H2,1H3. The summed E-state index contributed by atoms with van der Waals surface area (Å²) in [5.41, 5.74) is 8.51. The van der Waals surface area contributed by atoms with E-state index in [1.807, 2.05) is 0 Å². The molecule has 0 heterocycles. The van der Waals surface area contributed by atoms with Crippen molar-refractivity contribution in [1.82, 2.24) is 0 Å². The molecular formula is C15H23N. The van der Waals surface area contributed by atoms with Crippen molar-refractivity contribution < 1.29 is 0 Å². The Morgan fingerprint density at radius 1 is 1.31 bits per heavy atom. The summed E-state index contributed by atoms with van der Waals surface area (Å²) in [5.74, 6) is 1.63. The van der Waals surface area contributed by atoms with E-state index in [1.54, 1.807) is 0 Å². The molecule has 16 heavy (non-hydrogen) atoms. The van der Waals surface area contributed by atoms with Gasteiger partial charge in [-0.2, -0.15) is 0 Å². The highest BCUT2D eigenvalue weighted by Gasteiger charge is 2.22. The monoisotopic (exact) mass is 217 g/mol. The lowest BCUT2D eigenvalue weighted by atomic mass is 9.86. The molecule has 0 saturated heterocycles. The van der Waals surface area contributed by atoms with Crippen LogP contribution in [0.3, 0.4) is 0 Å². The molecule has 1 nitrogen and oxygen atoms in total. The van der Waals surface area contributed by atoms with E-state index in [4.69, 9.17) is 5.73 Å². The molecular weight excluding hydrogens is 194 g/mol. The van der Waals surface area contributed by atoms with Crippen LogP contribution >= 0.6 is 0 Å². The van der Waals surface area contributed by atoms with Gasteiger partial charge in [0.05, 0.1) is 0 Å². The van der Waals surface area contributed by atoms with Gasteiger partial charge in [-0.25, -0.2) is 0 Å². The summed E-state index contributed by atoms with van der Waals surface area (Å²) < 4.78 is 0. The van der Waals surface area contributed by atoms with Crippen LogP contribution in [0.5, 0.6) is 0 Å². The van der Waals surface area contributed by atoms with E-state index < -0.39 is 0 Å². The molecule has 0 aromatic heterocycles. The minimum absolute atomic E-state index is 0.722. The molecule has 88 valence electrons. The Kier molecular flexibility index (Phi) is 4.00. The zero-order chi connectivity index (χ0) is 11.4. The summed E-state index contributed by atoms with van der Waals surface area (Å²) in [6, 6.07) is 9.02. The minimum atomic E-state index is 0.722. The highest BCUT2D eigenvalue weighted by atomic mass is 14.5. The molecule has 1 aromatic rings. The fourth-order valence-corrected chi connectivity index (χ4v) is 2.93. The Morgan fingerprint density at radius 3 is 2.75 bits per heavy atom. The van der Waals surface area contributed by atoms with E-state index >= 15 is 0 Å². The molecule has 0 radical (unpaired) electrons. The average Bonchev–Trinajstić information content (AvgIpc) is 2.82. The van der Waals surface area contributed by atoms with Crippen LogP contribution in [0.2, 0.25) is 0 Å². The van der Waals surface area contributed by atoms with Crippen LogP contribution in [0.4, 0.5) is 0 Å². The summed E-state index contributed by atoms with van der Waals surface area (Å²) in [6.45, 7) is 3.14. The number of hydrogen-bond acceptors (Lipinski definition) is 1. The van der Waals surface area contributed by atoms with Gasteiger partial charge in [-0.1, -0.05) is 44.0 Å². The van der Waals surface area contributed by atoms with Crippen molar-refractivity contribution in [3.05, 3.63) is 35.4 Å². The first-order valence-electron chi connectivity index (χ1n) is 6.60. The first kappa shape index (κ1) is 11.7. The highest BCUT2D eigenvalue weighted by Crippen LogP contribution is 2.37. The van der Waals surface area contributed by atoms with Crippen molar-refractivity contribution in [2.24, 2.45) is 11.7 Å². The largest absolute Gasteiger partial charge is 0.330 e. The molecule has 1 unspecified atom stereocenters. The van der Waals surface area contributed by atoms with Gasteiger partial charge in [0, 0.05) is 0 Å². The van der Waals surface area contributed by atoms with Crippen LogP contribution in [0.1, 0.15) is 49.7 Å². The van der Waals surface area contributed by atoms with Crippen molar-refractivity contribution >= 4 is 0 Å². The van der Waals surface area contributed by atoms with Gasteiger partial charge in [0.1, 0.15) is 0 Å². The quantitative estimate of drug-likeness (QED) is 0.821. The Bertz CT molecular complexity index is 326. The average molecular weight is 217 g/mol. The zero-order valence-corrected chi connectivity index (χ0v) is 10.3. The second-order valence-electron chi connectivity index (χ2n) is 5.12. The number of hydrogen-bond donors (Lipinski definition) is 1. The minimum Gasteiger partial charge on any atom is -0.330 e. The van der Waals surface area contributed by atoms with Crippen molar-refractivity contribution in [1.29, 1.82) is 0 Å². The normalized spacial score (nSPS) is 18.9. The van der Waals surface area contributed by atoms with E-state index in [-0.39, 0.29) is 0 Å². The van der Waals surface area contributed by atoms with Crippen molar-refractivity contribution in [3.63, 3.8) is 0 Å². The van der Waals surface area contributed by atoms with E-state index in [1.165, 1.54) is 36.8 Å². The fourth-order valence-electron chi connectivity index (χ4n) is 2.93. The molecule has 1 aromatic carbocycles. The molecule has 1 heteroatoms. The third-order valence-electron chi connectivity index (χ3n) is 4.02. The molecule has 2 N–H and O–H groups in total. The third-order valence-corrected chi connectivity index (χ3v) is 4.02. The lowest BCUT2D eigenvalue weighted by Crippen LogP contribution is -2.07. The van der Waals surface area contributed by atoms with Crippen LogP contribution < -0.4 is 5.73 Å². The maximum absolute atomic E-state index is 5.61. The van der Waals surface area contributed by atoms with Gasteiger partial charge in [0.2, 0.25) is 0 Å². The van der Waals surface area contributed by atoms with Crippen LogP contribution in [0.15, 0.2) is 24.3 Å². The predicted molar refractivity (Wildman–Crippen MR) is 69.6 cm³/mol. The fraction of sp³-hybridized carbons (Fsp3) is 0.600.